The number of nitrogens with zero attached hydrogens (tertiary/aromatic N) is 6. The molecular formula is C24H29N9. The predicted molar refractivity (Wildman–Crippen MR) is 128 cm³/mol. The van der Waals surface area contributed by atoms with Crippen molar-refractivity contribution in [3.8, 4) is 0 Å². The van der Waals surface area contributed by atoms with Crippen LogP contribution >= 0.6 is 0 Å². The van der Waals surface area contributed by atoms with Gasteiger partial charge < -0.3 is 20.5 Å². The van der Waals surface area contributed by atoms with Crippen LogP contribution in [0, 0.1) is 12.8 Å². The fourth-order valence-electron chi connectivity index (χ4n) is 5.45. The van der Waals surface area contributed by atoms with Gasteiger partial charge in [0.2, 0.25) is 11.9 Å². The number of anilines is 2. The topological polar surface area (TPSA) is 99.1 Å². The lowest BCUT2D eigenvalue weighted by Gasteiger charge is -2.24. The molecule has 7 rings (SSSR count). The first-order valence-corrected chi connectivity index (χ1v) is 12.1. The Bertz CT molecular complexity index is 1320. The molecule has 1 saturated carbocycles. The molecule has 33 heavy (non-hydrogen) atoms. The van der Waals surface area contributed by atoms with E-state index in [-0.39, 0.29) is 0 Å². The van der Waals surface area contributed by atoms with Crippen molar-refractivity contribution >= 4 is 28.6 Å². The minimum Gasteiger partial charge on any atom is -0.347 e. The highest BCUT2D eigenvalue weighted by Gasteiger charge is 2.36. The van der Waals surface area contributed by atoms with Gasteiger partial charge in [-0.05, 0) is 68.7 Å². The molecule has 2 aliphatic heterocycles. The highest BCUT2D eigenvalue weighted by molar-refractivity contribution is 5.75. The van der Waals surface area contributed by atoms with Crippen LogP contribution < -0.4 is 15.5 Å². The summed E-state index contributed by atoms with van der Waals surface area (Å²) >= 11 is 0. The summed E-state index contributed by atoms with van der Waals surface area (Å²) in [5.41, 5.74) is 5.43. The van der Waals surface area contributed by atoms with Crippen LogP contribution in [0.15, 0.2) is 24.4 Å². The first-order valence-electron chi connectivity index (χ1n) is 12.1. The Labute approximate surface area is 192 Å². The maximum absolute atomic E-state index is 5.02. The summed E-state index contributed by atoms with van der Waals surface area (Å²) in [5.74, 6) is 3.68. The van der Waals surface area contributed by atoms with E-state index in [9.17, 15) is 0 Å². The number of aryl methyl sites for hydroxylation is 1. The van der Waals surface area contributed by atoms with E-state index in [1.54, 1.807) is 0 Å². The zero-order valence-corrected chi connectivity index (χ0v) is 18.9. The van der Waals surface area contributed by atoms with Gasteiger partial charge in [-0.15, -0.1) is 0 Å². The highest BCUT2D eigenvalue weighted by Crippen LogP contribution is 2.42. The van der Waals surface area contributed by atoms with E-state index in [1.165, 1.54) is 36.8 Å². The summed E-state index contributed by atoms with van der Waals surface area (Å²) in [6.07, 6.45) is 6.96. The molecule has 2 atom stereocenters. The lowest BCUT2D eigenvalue weighted by atomic mass is 9.94. The zero-order valence-electron chi connectivity index (χ0n) is 18.9. The van der Waals surface area contributed by atoms with E-state index in [0.717, 1.165) is 54.0 Å². The monoisotopic (exact) mass is 443 g/mol. The van der Waals surface area contributed by atoms with E-state index in [1.807, 2.05) is 10.7 Å². The summed E-state index contributed by atoms with van der Waals surface area (Å²) in [4.78, 5) is 20.5. The van der Waals surface area contributed by atoms with Crippen molar-refractivity contribution in [1.29, 1.82) is 0 Å². The third-order valence-corrected chi connectivity index (χ3v) is 7.38. The minimum atomic E-state index is 0.543. The van der Waals surface area contributed by atoms with Crippen molar-refractivity contribution in [2.75, 3.05) is 29.9 Å². The van der Waals surface area contributed by atoms with Crippen LogP contribution in [0.5, 0.6) is 0 Å². The molecule has 4 aromatic rings. The number of imidazole rings is 1. The molecule has 0 amide bonds. The fraction of sp³-hybridized carbons (Fsp3) is 0.500. The number of benzene rings is 1. The molecule has 2 saturated heterocycles. The van der Waals surface area contributed by atoms with Crippen LogP contribution in [0.3, 0.4) is 0 Å². The molecule has 0 unspecified atom stereocenters. The number of fused-ring (bicyclic) bond motifs is 3. The Morgan fingerprint density at radius 3 is 2.94 bits per heavy atom. The summed E-state index contributed by atoms with van der Waals surface area (Å²) < 4.78 is 1.87. The second-order valence-corrected chi connectivity index (χ2v) is 9.88. The Hall–Kier alpha value is -3.20. The Morgan fingerprint density at radius 1 is 1.12 bits per heavy atom. The quantitative estimate of drug-likeness (QED) is 0.436. The maximum Gasteiger partial charge on any atom is 0.230 e. The standard InChI is InChI=1S/C24H29N9/c1-14-4-7-18-19(9-14)29-21(28-18)11-26-23-31-24(32-12-16-3-2-8-25-20(16)13-32)30-22-17(15-5-6-15)10-27-33(22)23/h4,7,9-10,15-16,20,25H,2-3,5-6,8,11-13H2,1H3,(H,28,29)(H,26,30,31)/t16-,20+/m0/s1. The van der Waals surface area contributed by atoms with E-state index in [0.29, 0.717) is 24.4 Å². The summed E-state index contributed by atoms with van der Waals surface area (Å²) in [6.45, 7) is 5.74. The lowest BCUT2D eigenvalue weighted by Crippen LogP contribution is -2.40. The van der Waals surface area contributed by atoms with Gasteiger partial charge in [-0.3, -0.25) is 0 Å². The molecule has 3 aliphatic rings. The molecule has 3 fully saturated rings. The van der Waals surface area contributed by atoms with Crippen molar-refractivity contribution in [2.45, 2.75) is 51.1 Å². The van der Waals surface area contributed by atoms with Gasteiger partial charge in [0.05, 0.1) is 23.8 Å². The molecule has 1 aromatic carbocycles. The van der Waals surface area contributed by atoms with Crippen molar-refractivity contribution in [2.24, 2.45) is 5.92 Å². The minimum absolute atomic E-state index is 0.543. The Balaban J connectivity index is 1.22. The SMILES string of the molecule is Cc1ccc2[nH]c(CNc3nc(N4C[C@@H]5CCCN[C@@H]5C4)nc4c(C5CC5)cnn34)nc2c1. The van der Waals surface area contributed by atoms with Crippen molar-refractivity contribution in [3.05, 3.63) is 41.3 Å². The second-order valence-electron chi connectivity index (χ2n) is 9.88. The number of nitrogens with one attached hydrogen (secondary N) is 3. The lowest BCUT2D eigenvalue weighted by molar-refractivity contribution is 0.340. The molecule has 0 bridgehead atoms. The highest BCUT2D eigenvalue weighted by atomic mass is 15.4. The van der Waals surface area contributed by atoms with Gasteiger partial charge in [0, 0.05) is 24.7 Å². The third kappa shape index (κ3) is 3.42. The summed E-state index contributed by atoms with van der Waals surface area (Å²) in [7, 11) is 0. The number of hydrogen-bond acceptors (Lipinski definition) is 7. The van der Waals surface area contributed by atoms with Gasteiger partial charge in [-0.2, -0.15) is 19.6 Å². The number of H-pyrrole nitrogens is 1. The first kappa shape index (κ1) is 19.3. The van der Waals surface area contributed by atoms with Crippen molar-refractivity contribution in [1.82, 2.24) is 34.9 Å². The molecule has 3 N–H and O–H groups in total. The molecule has 1 aliphatic carbocycles. The average molecular weight is 444 g/mol. The number of rotatable bonds is 5. The van der Waals surface area contributed by atoms with E-state index >= 15 is 0 Å². The molecular weight excluding hydrogens is 414 g/mol. The third-order valence-electron chi connectivity index (χ3n) is 7.38. The first-order chi connectivity index (χ1) is 16.2. The van der Waals surface area contributed by atoms with Crippen LogP contribution in [-0.4, -0.2) is 55.2 Å². The van der Waals surface area contributed by atoms with Crippen LogP contribution in [0.4, 0.5) is 11.9 Å². The molecule has 9 nitrogen and oxygen atoms in total. The Morgan fingerprint density at radius 2 is 2.06 bits per heavy atom. The van der Waals surface area contributed by atoms with Gasteiger partial charge >= 0.3 is 0 Å². The number of hydrogen-bond donors (Lipinski definition) is 3. The van der Waals surface area contributed by atoms with Gasteiger partial charge in [0.15, 0.2) is 5.65 Å². The van der Waals surface area contributed by atoms with Crippen LogP contribution in [0.25, 0.3) is 16.7 Å². The van der Waals surface area contributed by atoms with Crippen LogP contribution in [0.2, 0.25) is 0 Å². The van der Waals surface area contributed by atoms with E-state index < -0.39 is 0 Å². The van der Waals surface area contributed by atoms with Crippen LogP contribution in [-0.2, 0) is 6.54 Å². The van der Waals surface area contributed by atoms with Gasteiger partial charge in [-0.1, -0.05) is 6.07 Å². The van der Waals surface area contributed by atoms with Gasteiger partial charge in [0.1, 0.15) is 5.82 Å². The predicted octanol–water partition coefficient (Wildman–Crippen LogP) is 2.99. The molecule has 170 valence electrons. The van der Waals surface area contributed by atoms with E-state index in [4.69, 9.17) is 15.0 Å². The summed E-state index contributed by atoms with van der Waals surface area (Å²) in [5, 5.41) is 11.8. The molecule has 5 heterocycles. The smallest absolute Gasteiger partial charge is 0.230 e. The van der Waals surface area contributed by atoms with Gasteiger partial charge in [-0.25, -0.2) is 4.98 Å². The number of aromatic amines is 1. The Kier molecular flexibility index (Phi) is 4.33. The number of piperidine rings is 1. The van der Waals surface area contributed by atoms with Gasteiger partial charge in [0.25, 0.3) is 0 Å². The normalized spacial score (nSPS) is 22.9. The van der Waals surface area contributed by atoms with Crippen LogP contribution in [0.1, 0.15) is 48.6 Å². The zero-order chi connectivity index (χ0) is 21.9. The fourth-order valence-corrected chi connectivity index (χ4v) is 5.45. The largest absolute Gasteiger partial charge is 0.347 e. The average Bonchev–Trinajstić information content (AvgIpc) is 3.25. The van der Waals surface area contributed by atoms with E-state index in [2.05, 4.69) is 50.7 Å². The number of aromatic nitrogens is 6. The van der Waals surface area contributed by atoms with Crippen molar-refractivity contribution < 1.29 is 0 Å². The summed E-state index contributed by atoms with van der Waals surface area (Å²) in [6, 6.07) is 6.83. The molecule has 3 aromatic heterocycles. The van der Waals surface area contributed by atoms with Crippen molar-refractivity contribution in [3.63, 3.8) is 0 Å². The molecule has 9 heteroatoms. The molecule has 0 radical (unpaired) electrons. The maximum atomic E-state index is 5.02. The molecule has 0 spiro atoms. The second kappa shape index (κ2) is 7.41.